The fraction of sp³-hybridized carbons (Fsp3) is 0.421. The molecule has 1 fully saturated rings. The molecule has 0 spiro atoms. The van der Waals surface area contributed by atoms with Gasteiger partial charge >= 0.3 is 6.18 Å². The summed E-state index contributed by atoms with van der Waals surface area (Å²) in [5, 5.41) is 5.60. The zero-order valence-corrected chi connectivity index (χ0v) is 14.7. The first kappa shape index (κ1) is 19.1. The van der Waals surface area contributed by atoms with Gasteiger partial charge < -0.3 is 10.6 Å². The van der Waals surface area contributed by atoms with E-state index in [0.717, 1.165) is 31.7 Å². The first-order chi connectivity index (χ1) is 12.9. The molecule has 1 amide bonds. The lowest BCUT2D eigenvalue weighted by Gasteiger charge is -2.17. The third-order valence-electron chi connectivity index (χ3n) is 4.59. The minimum absolute atomic E-state index is 0.0121. The molecule has 0 saturated heterocycles. The highest BCUT2D eigenvalue weighted by atomic mass is 19.4. The van der Waals surface area contributed by atoms with Crippen molar-refractivity contribution < 1.29 is 18.0 Å². The number of hydrogen-bond acceptors (Lipinski definition) is 4. The van der Waals surface area contributed by atoms with Crippen LogP contribution in [0.25, 0.3) is 0 Å². The summed E-state index contributed by atoms with van der Waals surface area (Å²) in [6, 6.07) is 6.60. The highest BCUT2D eigenvalue weighted by Crippen LogP contribution is 2.34. The van der Waals surface area contributed by atoms with Crippen LogP contribution in [0.2, 0.25) is 0 Å². The summed E-state index contributed by atoms with van der Waals surface area (Å²) in [6.45, 7) is 0. The zero-order chi connectivity index (χ0) is 19.3. The Morgan fingerprint density at radius 1 is 1.04 bits per heavy atom. The summed E-state index contributed by atoms with van der Waals surface area (Å²) in [7, 11) is 0. The first-order valence-electron chi connectivity index (χ1n) is 8.99. The monoisotopic (exact) mass is 378 g/mol. The minimum Gasteiger partial charge on any atom is -0.367 e. The molecule has 0 atom stereocenters. The second-order valence-corrected chi connectivity index (χ2v) is 6.62. The fourth-order valence-corrected chi connectivity index (χ4v) is 3.22. The number of anilines is 2. The first-order valence-corrected chi connectivity index (χ1v) is 8.99. The molecule has 3 rings (SSSR count). The van der Waals surface area contributed by atoms with Crippen molar-refractivity contribution in [1.29, 1.82) is 0 Å². The van der Waals surface area contributed by atoms with E-state index in [4.69, 9.17) is 0 Å². The summed E-state index contributed by atoms with van der Waals surface area (Å²) in [6.07, 6.45) is 3.47. The Labute approximate surface area is 155 Å². The molecule has 0 bridgehead atoms. The van der Waals surface area contributed by atoms with Gasteiger partial charge in [-0.3, -0.25) is 4.79 Å². The Morgan fingerprint density at radius 3 is 2.44 bits per heavy atom. The average Bonchev–Trinajstić information content (AvgIpc) is 2.90. The van der Waals surface area contributed by atoms with Gasteiger partial charge in [-0.05, 0) is 25.0 Å². The molecule has 1 aliphatic rings. The highest BCUT2D eigenvalue weighted by Gasteiger charge is 2.33. The maximum Gasteiger partial charge on any atom is 0.418 e. The SMILES string of the molecule is O=C(Nc1ccccc1C(F)(F)F)c1cc(NC2CCCCCC2)ncn1. The van der Waals surface area contributed by atoms with Gasteiger partial charge in [-0.15, -0.1) is 0 Å². The molecule has 2 N–H and O–H groups in total. The standard InChI is InChI=1S/C19H21F3N4O/c20-19(21,22)14-9-5-6-10-15(14)26-18(27)16-11-17(24-12-23-16)25-13-7-3-1-2-4-8-13/h5-6,9-13H,1-4,7-8H2,(H,26,27)(H,23,24,25). The van der Waals surface area contributed by atoms with Crippen molar-refractivity contribution in [2.75, 3.05) is 10.6 Å². The van der Waals surface area contributed by atoms with Crippen LogP contribution in [0.4, 0.5) is 24.7 Å². The third-order valence-corrected chi connectivity index (χ3v) is 4.59. The Kier molecular flexibility index (Phi) is 5.93. The molecule has 144 valence electrons. The van der Waals surface area contributed by atoms with Gasteiger partial charge in [-0.2, -0.15) is 13.2 Å². The molecule has 1 aromatic carbocycles. The lowest BCUT2D eigenvalue weighted by molar-refractivity contribution is -0.136. The van der Waals surface area contributed by atoms with Crippen LogP contribution in [0.1, 0.15) is 54.6 Å². The van der Waals surface area contributed by atoms with Crippen LogP contribution in [0.5, 0.6) is 0 Å². The summed E-state index contributed by atoms with van der Waals surface area (Å²) >= 11 is 0. The number of benzene rings is 1. The number of para-hydroxylation sites is 1. The summed E-state index contributed by atoms with van der Waals surface area (Å²) in [5.74, 6) is -0.204. The zero-order valence-electron chi connectivity index (χ0n) is 14.7. The molecule has 1 heterocycles. The molecule has 0 aliphatic heterocycles. The van der Waals surface area contributed by atoms with Crippen molar-refractivity contribution >= 4 is 17.4 Å². The van der Waals surface area contributed by atoms with Crippen molar-refractivity contribution in [3.05, 3.63) is 47.9 Å². The molecule has 5 nitrogen and oxygen atoms in total. The maximum atomic E-state index is 13.1. The molecular weight excluding hydrogens is 357 g/mol. The van der Waals surface area contributed by atoms with E-state index in [1.165, 1.54) is 43.4 Å². The van der Waals surface area contributed by atoms with Gasteiger partial charge in [0, 0.05) is 12.1 Å². The number of nitrogens with zero attached hydrogens (tertiary/aromatic N) is 2. The maximum absolute atomic E-state index is 13.1. The summed E-state index contributed by atoms with van der Waals surface area (Å²) < 4.78 is 39.2. The van der Waals surface area contributed by atoms with Gasteiger partial charge in [0.1, 0.15) is 17.8 Å². The van der Waals surface area contributed by atoms with Crippen LogP contribution in [-0.2, 0) is 6.18 Å². The van der Waals surface area contributed by atoms with Gasteiger partial charge in [0.15, 0.2) is 0 Å². The Morgan fingerprint density at radius 2 is 1.74 bits per heavy atom. The number of rotatable bonds is 4. The molecule has 2 aromatic rings. The number of hydrogen-bond donors (Lipinski definition) is 2. The van der Waals surface area contributed by atoms with Gasteiger partial charge in [-0.1, -0.05) is 37.8 Å². The quantitative estimate of drug-likeness (QED) is 0.744. The predicted octanol–water partition coefficient (Wildman–Crippen LogP) is 4.88. The van der Waals surface area contributed by atoms with Crippen LogP contribution in [0.15, 0.2) is 36.7 Å². The van der Waals surface area contributed by atoms with E-state index < -0.39 is 17.6 Å². The second kappa shape index (κ2) is 8.37. The molecule has 0 radical (unpaired) electrons. The average molecular weight is 378 g/mol. The van der Waals surface area contributed by atoms with Crippen molar-refractivity contribution in [2.45, 2.75) is 50.7 Å². The molecule has 1 aromatic heterocycles. The van der Waals surface area contributed by atoms with E-state index in [9.17, 15) is 18.0 Å². The van der Waals surface area contributed by atoms with E-state index >= 15 is 0 Å². The van der Waals surface area contributed by atoms with E-state index in [-0.39, 0.29) is 17.4 Å². The Hall–Kier alpha value is -2.64. The number of carbonyl (C=O) groups excluding carboxylic acids is 1. The Balaban J connectivity index is 1.72. The van der Waals surface area contributed by atoms with Crippen LogP contribution in [0, 0.1) is 0 Å². The van der Waals surface area contributed by atoms with Crippen molar-refractivity contribution in [3.8, 4) is 0 Å². The fourth-order valence-electron chi connectivity index (χ4n) is 3.22. The van der Waals surface area contributed by atoms with E-state index in [1.54, 1.807) is 0 Å². The van der Waals surface area contributed by atoms with Crippen LogP contribution in [0.3, 0.4) is 0 Å². The molecule has 27 heavy (non-hydrogen) atoms. The van der Waals surface area contributed by atoms with Crippen LogP contribution in [-0.4, -0.2) is 21.9 Å². The highest BCUT2D eigenvalue weighted by molar-refractivity contribution is 6.03. The van der Waals surface area contributed by atoms with Gasteiger partial charge in [-0.25, -0.2) is 9.97 Å². The summed E-state index contributed by atoms with van der Waals surface area (Å²) in [4.78, 5) is 20.4. The largest absolute Gasteiger partial charge is 0.418 e. The third kappa shape index (κ3) is 5.18. The smallest absolute Gasteiger partial charge is 0.367 e. The minimum atomic E-state index is -4.55. The summed E-state index contributed by atoms with van der Waals surface area (Å²) in [5.41, 5.74) is -1.19. The topological polar surface area (TPSA) is 66.9 Å². The lowest BCUT2D eigenvalue weighted by atomic mass is 10.1. The molecule has 1 saturated carbocycles. The predicted molar refractivity (Wildman–Crippen MR) is 96.5 cm³/mol. The lowest BCUT2D eigenvalue weighted by Crippen LogP contribution is -2.21. The van der Waals surface area contributed by atoms with Crippen molar-refractivity contribution in [2.24, 2.45) is 0 Å². The van der Waals surface area contributed by atoms with Crippen molar-refractivity contribution in [1.82, 2.24) is 9.97 Å². The number of aromatic nitrogens is 2. The van der Waals surface area contributed by atoms with Crippen LogP contribution >= 0.6 is 0 Å². The Bertz CT molecular complexity index is 787. The molecular formula is C19H21F3N4O. The van der Waals surface area contributed by atoms with Gasteiger partial charge in [0.05, 0.1) is 11.3 Å². The van der Waals surface area contributed by atoms with E-state index in [2.05, 4.69) is 20.6 Å². The van der Waals surface area contributed by atoms with Crippen LogP contribution < -0.4 is 10.6 Å². The number of alkyl halides is 3. The van der Waals surface area contributed by atoms with E-state index in [1.807, 2.05) is 0 Å². The number of amides is 1. The normalized spacial score (nSPS) is 15.8. The van der Waals surface area contributed by atoms with E-state index in [0.29, 0.717) is 5.82 Å². The number of carbonyl (C=O) groups is 1. The van der Waals surface area contributed by atoms with Gasteiger partial charge in [0.25, 0.3) is 5.91 Å². The number of halogens is 3. The second-order valence-electron chi connectivity index (χ2n) is 6.62. The molecule has 1 aliphatic carbocycles. The molecule has 0 unspecified atom stereocenters. The van der Waals surface area contributed by atoms with Gasteiger partial charge in [0.2, 0.25) is 0 Å². The number of nitrogens with one attached hydrogen (secondary N) is 2. The molecule has 8 heteroatoms. The van der Waals surface area contributed by atoms with Crippen molar-refractivity contribution in [3.63, 3.8) is 0 Å².